The molecule has 0 amide bonds. The summed E-state index contributed by atoms with van der Waals surface area (Å²) < 4.78 is 54.6. The molecule has 0 saturated heterocycles. The van der Waals surface area contributed by atoms with Gasteiger partial charge in [0.1, 0.15) is 17.3 Å². The average molecular weight is 331 g/mol. The number of halogens is 4. The molecule has 4 rings (SSSR count). The minimum Gasteiger partial charge on any atom is -0.268 e. The minimum absolute atomic E-state index is 0.00378. The molecule has 0 aliphatic carbocycles. The summed E-state index contributed by atoms with van der Waals surface area (Å²) in [5.74, 6) is -1.13. The van der Waals surface area contributed by atoms with E-state index in [1.165, 1.54) is 24.4 Å². The Labute approximate surface area is 133 Å². The highest BCUT2D eigenvalue weighted by molar-refractivity contribution is 6.07. The van der Waals surface area contributed by atoms with E-state index in [-0.39, 0.29) is 11.2 Å². The quantitative estimate of drug-likeness (QED) is 0.488. The third-order valence-electron chi connectivity index (χ3n) is 3.84. The lowest BCUT2D eigenvalue weighted by atomic mass is 10.1. The lowest BCUT2D eigenvalue weighted by Crippen LogP contribution is -1.99. The Balaban J connectivity index is 2.06. The van der Waals surface area contributed by atoms with Crippen molar-refractivity contribution in [2.75, 3.05) is 0 Å². The molecule has 0 bridgehead atoms. The van der Waals surface area contributed by atoms with E-state index >= 15 is 0 Å². The second-order valence-electron chi connectivity index (χ2n) is 5.30. The van der Waals surface area contributed by atoms with Gasteiger partial charge in [-0.2, -0.15) is 8.78 Å². The fourth-order valence-corrected chi connectivity index (χ4v) is 2.84. The summed E-state index contributed by atoms with van der Waals surface area (Å²) in [5, 5.41) is 0.750. The molecule has 0 aliphatic heterocycles. The number of hydrogen-bond acceptors (Lipinski definition) is 2. The van der Waals surface area contributed by atoms with Crippen LogP contribution in [-0.4, -0.2) is 14.5 Å². The van der Waals surface area contributed by atoms with Crippen LogP contribution in [0.1, 0.15) is 6.55 Å². The molecule has 0 unspecified atom stereocenters. The van der Waals surface area contributed by atoms with E-state index in [4.69, 9.17) is 0 Å². The number of rotatable bonds is 2. The molecule has 120 valence electrons. The van der Waals surface area contributed by atoms with Crippen molar-refractivity contribution < 1.29 is 17.6 Å². The number of aromatic nitrogens is 3. The average Bonchev–Trinajstić information content (AvgIpc) is 2.88. The van der Waals surface area contributed by atoms with Crippen LogP contribution in [0.5, 0.6) is 0 Å². The molecule has 0 radical (unpaired) electrons. The summed E-state index contributed by atoms with van der Waals surface area (Å²) in [6.07, 6.45) is 3.40. The van der Waals surface area contributed by atoms with Gasteiger partial charge in [-0.05, 0) is 23.8 Å². The Morgan fingerprint density at radius 1 is 0.833 bits per heavy atom. The summed E-state index contributed by atoms with van der Waals surface area (Å²) in [7, 11) is 0. The van der Waals surface area contributed by atoms with Crippen molar-refractivity contribution in [2.45, 2.75) is 6.55 Å². The van der Waals surface area contributed by atoms with Gasteiger partial charge in [0.2, 0.25) is 0 Å². The van der Waals surface area contributed by atoms with Gasteiger partial charge in [0.15, 0.2) is 0 Å². The maximum Gasteiger partial charge on any atom is 0.320 e. The van der Waals surface area contributed by atoms with Crippen LogP contribution >= 0.6 is 0 Å². The Bertz CT molecular complexity index is 1070. The smallest absolute Gasteiger partial charge is 0.268 e. The molecule has 0 fully saturated rings. The fourth-order valence-electron chi connectivity index (χ4n) is 2.84. The first-order chi connectivity index (χ1) is 11.5. The first-order valence-electron chi connectivity index (χ1n) is 7.03. The van der Waals surface area contributed by atoms with E-state index in [1.807, 2.05) is 0 Å². The second-order valence-corrected chi connectivity index (χ2v) is 5.30. The van der Waals surface area contributed by atoms with Crippen molar-refractivity contribution in [3.63, 3.8) is 0 Å². The molecule has 0 atom stereocenters. The Hall–Kier alpha value is -2.96. The molecule has 4 aromatic rings. The van der Waals surface area contributed by atoms with Gasteiger partial charge in [-0.3, -0.25) is 9.55 Å². The zero-order chi connectivity index (χ0) is 16.8. The largest absolute Gasteiger partial charge is 0.320 e. The number of nitrogens with zero attached hydrogens (tertiary/aromatic N) is 3. The van der Waals surface area contributed by atoms with Gasteiger partial charge in [-0.25, -0.2) is 13.8 Å². The molecule has 3 heterocycles. The van der Waals surface area contributed by atoms with Crippen LogP contribution < -0.4 is 0 Å². The van der Waals surface area contributed by atoms with Crippen LogP contribution in [0.25, 0.3) is 33.1 Å². The van der Waals surface area contributed by atoms with Crippen molar-refractivity contribution >= 4 is 21.9 Å². The maximum atomic E-state index is 13.5. The van der Waals surface area contributed by atoms with Crippen molar-refractivity contribution in [3.8, 4) is 11.1 Å². The number of pyridine rings is 2. The van der Waals surface area contributed by atoms with Crippen LogP contribution in [0.15, 0.2) is 48.9 Å². The first-order valence-corrected chi connectivity index (χ1v) is 7.03. The summed E-state index contributed by atoms with van der Waals surface area (Å²) >= 11 is 0. The molecule has 0 N–H and O–H groups in total. The summed E-state index contributed by atoms with van der Waals surface area (Å²) in [5.41, 5.74) is 1.18. The van der Waals surface area contributed by atoms with E-state index in [1.54, 1.807) is 12.1 Å². The predicted octanol–water partition coefficient (Wildman–Crippen LogP) is 4.92. The number of benzene rings is 1. The normalized spacial score (nSPS) is 11.7. The van der Waals surface area contributed by atoms with Gasteiger partial charge in [0.25, 0.3) is 0 Å². The second kappa shape index (κ2) is 5.30. The summed E-state index contributed by atoms with van der Waals surface area (Å²) in [6.45, 7) is -2.84. The topological polar surface area (TPSA) is 30.7 Å². The fraction of sp³-hybridized carbons (Fsp3) is 0.0588. The number of alkyl halides is 2. The molecular weight excluding hydrogens is 322 g/mol. The minimum atomic E-state index is -2.84. The van der Waals surface area contributed by atoms with Crippen LogP contribution in [0.2, 0.25) is 0 Å². The SMILES string of the molecule is Fc1cncc(-c2ccc3c4cc(F)cnc4n(C(F)F)c3c2)c1. The standard InChI is InChI=1S/C17H9F4N3/c18-11-3-10(6-22-7-11)9-1-2-13-14-5-12(19)8-23-16(14)24(17(20)21)15(13)4-9/h1-8,17H. The Morgan fingerprint density at radius 2 is 1.62 bits per heavy atom. The zero-order valence-electron chi connectivity index (χ0n) is 12.0. The van der Waals surface area contributed by atoms with Crippen molar-refractivity contribution in [1.82, 2.24) is 14.5 Å². The van der Waals surface area contributed by atoms with Crippen molar-refractivity contribution in [2.24, 2.45) is 0 Å². The van der Waals surface area contributed by atoms with E-state index < -0.39 is 18.2 Å². The summed E-state index contributed by atoms with van der Waals surface area (Å²) in [4.78, 5) is 7.55. The van der Waals surface area contributed by atoms with Crippen LogP contribution in [-0.2, 0) is 0 Å². The maximum absolute atomic E-state index is 13.5. The van der Waals surface area contributed by atoms with Gasteiger partial charge < -0.3 is 0 Å². The highest BCUT2D eigenvalue weighted by Crippen LogP contribution is 2.34. The van der Waals surface area contributed by atoms with Gasteiger partial charge in [-0.15, -0.1) is 0 Å². The van der Waals surface area contributed by atoms with Gasteiger partial charge in [0, 0.05) is 22.5 Å². The van der Waals surface area contributed by atoms with Crippen LogP contribution in [0, 0.1) is 11.6 Å². The van der Waals surface area contributed by atoms with Crippen LogP contribution in [0.3, 0.4) is 0 Å². The third-order valence-corrected chi connectivity index (χ3v) is 3.84. The highest BCUT2D eigenvalue weighted by atomic mass is 19.3. The molecule has 0 spiro atoms. The third kappa shape index (κ3) is 2.20. The first kappa shape index (κ1) is 14.6. The van der Waals surface area contributed by atoms with E-state index in [0.29, 0.717) is 21.9 Å². The van der Waals surface area contributed by atoms with Crippen molar-refractivity contribution in [1.29, 1.82) is 0 Å². The van der Waals surface area contributed by atoms with Gasteiger partial charge in [-0.1, -0.05) is 12.1 Å². The Kier molecular flexibility index (Phi) is 3.23. The molecule has 3 nitrogen and oxygen atoms in total. The monoisotopic (exact) mass is 331 g/mol. The number of hydrogen-bond donors (Lipinski definition) is 0. The Morgan fingerprint density at radius 3 is 2.38 bits per heavy atom. The van der Waals surface area contributed by atoms with E-state index in [2.05, 4.69) is 9.97 Å². The molecular formula is C17H9F4N3. The predicted molar refractivity (Wildman–Crippen MR) is 81.6 cm³/mol. The molecule has 7 heteroatoms. The lowest BCUT2D eigenvalue weighted by Gasteiger charge is -2.06. The molecule has 1 aromatic carbocycles. The van der Waals surface area contributed by atoms with Gasteiger partial charge in [0.05, 0.1) is 17.9 Å². The van der Waals surface area contributed by atoms with Gasteiger partial charge >= 0.3 is 6.55 Å². The molecule has 3 aromatic heterocycles. The van der Waals surface area contributed by atoms with Crippen molar-refractivity contribution in [3.05, 3.63) is 60.6 Å². The highest BCUT2D eigenvalue weighted by Gasteiger charge is 2.19. The number of fused-ring (bicyclic) bond motifs is 3. The summed E-state index contributed by atoms with van der Waals surface area (Å²) in [6, 6.07) is 7.18. The van der Waals surface area contributed by atoms with E-state index in [9.17, 15) is 17.6 Å². The molecule has 0 saturated carbocycles. The van der Waals surface area contributed by atoms with E-state index in [0.717, 1.165) is 17.0 Å². The molecule has 24 heavy (non-hydrogen) atoms. The zero-order valence-corrected chi connectivity index (χ0v) is 12.0. The lowest BCUT2D eigenvalue weighted by molar-refractivity contribution is 0.0791. The van der Waals surface area contributed by atoms with Crippen LogP contribution in [0.4, 0.5) is 17.6 Å². The molecule has 0 aliphatic rings.